The van der Waals surface area contributed by atoms with Gasteiger partial charge in [-0.25, -0.2) is 0 Å². The summed E-state index contributed by atoms with van der Waals surface area (Å²) in [7, 11) is 0. The molecule has 0 amide bonds. The van der Waals surface area contributed by atoms with Gasteiger partial charge in [0.2, 0.25) is 0 Å². The lowest BCUT2D eigenvalue weighted by Crippen LogP contribution is -1.88. The van der Waals surface area contributed by atoms with Crippen LogP contribution in [-0.2, 0) is 6.42 Å². The summed E-state index contributed by atoms with van der Waals surface area (Å²) < 4.78 is 0. The molecule has 0 nitrogen and oxygen atoms in total. The first-order valence-electron chi connectivity index (χ1n) is 6.82. The summed E-state index contributed by atoms with van der Waals surface area (Å²) >= 11 is 0. The maximum atomic E-state index is 3.48. The first-order chi connectivity index (χ1) is 8.15. The Bertz CT molecular complexity index is 284. The van der Waals surface area contributed by atoms with Crippen LogP contribution in [-0.4, -0.2) is 0 Å². The van der Waals surface area contributed by atoms with E-state index in [0.29, 0.717) is 0 Å². The summed E-state index contributed by atoms with van der Waals surface area (Å²) in [5.74, 6) is 0. The SMILES string of the molecule is C=CCC.CC.CCCc1ccc(C)cc1C. The molecule has 0 saturated carbocycles. The predicted octanol–water partition coefficient (Wildman–Crippen LogP) is 5.86. The van der Waals surface area contributed by atoms with E-state index in [1.165, 1.54) is 29.5 Å². The van der Waals surface area contributed by atoms with Crippen LogP contribution in [0.1, 0.15) is 57.2 Å². The van der Waals surface area contributed by atoms with Gasteiger partial charge >= 0.3 is 0 Å². The van der Waals surface area contributed by atoms with Gasteiger partial charge in [-0.1, -0.05) is 64.0 Å². The Kier molecular flexibility index (Phi) is 14.0. The molecule has 0 spiro atoms. The molecule has 0 heteroatoms. The Morgan fingerprint density at radius 2 is 1.65 bits per heavy atom. The minimum Gasteiger partial charge on any atom is -0.103 e. The number of allylic oxidation sites excluding steroid dienone is 1. The van der Waals surface area contributed by atoms with Gasteiger partial charge < -0.3 is 0 Å². The molecule has 1 aromatic carbocycles. The van der Waals surface area contributed by atoms with Gasteiger partial charge in [0.05, 0.1) is 0 Å². The van der Waals surface area contributed by atoms with Crippen molar-refractivity contribution in [2.75, 3.05) is 0 Å². The quantitative estimate of drug-likeness (QED) is 0.574. The van der Waals surface area contributed by atoms with Crippen LogP contribution in [0.3, 0.4) is 0 Å². The van der Waals surface area contributed by atoms with E-state index in [4.69, 9.17) is 0 Å². The number of hydrogen-bond acceptors (Lipinski definition) is 0. The molecule has 0 N–H and O–H groups in total. The molecule has 0 aliphatic heterocycles. The van der Waals surface area contributed by atoms with E-state index in [1.54, 1.807) is 0 Å². The van der Waals surface area contributed by atoms with Crippen molar-refractivity contribution in [2.45, 2.75) is 60.8 Å². The normalized spacial score (nSPS) is 8.35. The van der Waals surface area contributed by atoms with Gasteiger partial charge in [-0.05, 0) is 37.8 Å². The van der Waals surface area contributed by atoms with Crippen molar-refractivity contribution in [2.24, 2.45) is 0 Å². The fourth-order valence-electron chi connectivity index (χ4n) is 1.40. The molecule has 1 rings (SSSR count). The highest BCUT2D eigenvalue weighted by atomic mass is 14.0. The van der Waals surface area contributed by atoms with Crippen molar-refractivity contribution >= 4 is 0 Å². The third kappa shape index (κ3) is 9.86. The third-order valence-electron chi connectivity index (χ3n) is 2.31. The summed E-state index contributed by atoms with van der Waals surface area (Å²) in [6, 6.07) is 6.69. The predicted molar refractivity (Wildman–Crippen MR) is 81.7 cm³/mol. The van der Waals surface area contributed by atoms with E-state index in [1.807, 2.05) is 19.9 Å². The Balaban J connectivity index is 0. The van der Waals surface area contributed by atoms with Gasteiger partial charge in [0.15, 0.2) is 0 Å². The van der Waals surface area contributed by atoms with Crippen molar-refractivity contribution in [3.05, 3.63) is 47.5 Å². The van der Waals surface area contributed by atoms with Gasteiger partial charge in [-0.2, -0.15) is 0 Å². The largest absolute Gasteiger partial charge is 0.103 e. The molecule has 0 fully saturated rings. The van der Waals surface area contributed by atoms with E-state index >= 15 is 0 Å². The van der Waals surface area contributed by atoms with Gasteiger partial charge in [-0.3, -0.25) is 0 Å². The molecule has 0 bridgehead atoms. The zero-order chi connectivity index (χ0) is 13.7. The molecular formula is C17H30. The Morgan fingerprint density at radius 3 is 2.00 bits per heavy atom. The molecule has 0 atom stereocenters. The van der Waals surface area contributed by atoms with Crippen LogP contribution in [0.15, 0.2) is 30.9 Å². The fraction of sp³-hybridized carbons (Fsp3) is 0.529. The van der Waals surface area contributed by atoms with Gasteiger partial charge in [-0.15, -0.1) is 6.58 Å². The average Bonchev–Trinajstić information content (AvgIpc) is 2.36. The second kappa shape index (κ2) is 13.0. The summed E-state index contributed by atoms with van der Waals surface area (Å²) in [4.78, 5) is 0. The van der Waals surface area contributed by atoms with E-state index in [9.17, 15) is 0 Å². The van der Waals surface area contributed by atoms with Gasteiger partial charge in [0.25, 0.3) is 0 Å². The van der Waals surface area contributed by atoms with Crippen molar-refractivity contribution in [3.8, 4) is 0 Å². The number of hydrogen-bond donors (Lipinski definition) is 0. The van der Waals surface area contributed by atoms with Crippen LogP contribution in [0.25, 0.3) is 0 Å². The minimum atomic E-state index is 1.08. The zero-order valence-electron chi connectivity index (χ0n) is 12.6. The van der Waals surface area contributed by atoms with Gasteiger partial charge in [0, 0.05) is 0 Å². The van der Waals surface area contributed by atoms with Crippen LogP contribution < -0.4 is 0 Å². The van der Waals surface area contributed by atoms with Crippen molar-refractivity contribution in [1.29, 1.82) is 0 Å². The molecule has 17 heavy (non-hydrogen) atoms. The monoisotopic (exact) mass is 234 g/mol. The zero-order valence-corrected chi connectivity index (χ0v) is 12.6. The van der Waals surface area contributed by atoms with E-state index < -0.39 is 0 Å². The van der Waals surface area contributed by atoms with Gasteiger partial charge in [0.1, 0.15) is 0 Å². The van der Waals surface area contributed by atoms with Crippen LogP contribution in [0, 0.1) is 13.8 Å². The highest BCUT2D eigenvalue weighted by Gasteiger charge is 1.95. The first-order valence-corrected chi connectivity index (χ1v) is 6.82. The number of rotatable bonds is 3. The Labute approximate surface area is 109 Å². The highest BCUT2D eigenvalue weighted by Crippen LogP contribution is 2.11. The molecule has 0 saturated heterocycles. The Hall–Kier alpha value is -1.04. The van der Waals surface area contributed by atoms with Crippen LogP contribution in [0.2, 0.25) is 0 Å². The molecule has 0 unspecified atom stereocenters. The topological polar surface area (TPSA) is 0 Å². The average molecular weight is 234 g/mol. The van der Waals surface area contributed by atoms with Crippen molar-refractivity contribution in [3.63, 3.8) is 0 Å². The maximum absolute atomic E-state index is 3.48. The summed E-state index contributed by atoms with van der Waals surface area (Å²) in [6.45, 7) is 16.1. The molecule has 0 aromatic heterocycles. The molecule has 0 heterocycles. The summed E-state index contributed by atoms with van der Waals surface area (Å²) in [5, 5.41) is 0. The molecule has 0 aliphatic rings. The lowest BCUT2D eigenvalue weighted by molar-refractivity contribution is 0.912. The first kappa shape index (κ1) is 18.3. The Morgan fingerprint density at radius 1 is 1.12 bits per heavy atom. The molecule has 0 radical (unpaired) electrons. The molecule has 98 valence electrons. The highest BCUT2D eigenvalue weighted by molar-refractivity contribution is 5.30. The second-order valence-electron chi connectivity index (χ2n) is 3.88. The fourth-order valence-corrected chi connectivity index (χ4v) is 1.40. The van der Waals surface area contributed by atoms with Crippen molar-refractivity contribution in [1.82, 2.24) is 0 Å². The molecule has 0 aliphatic carbocycles. The van der Waals surface area contributed by atoms with Crippen LogP contribution in [0.4, 0.5) is 0 Å². The number of benzene rings is 1. The lowest BCUT2D eigenvalue weighted by atomic mass is 10.0. The second-order valence-corrected chi connectivity index (χ2v) is 3.88. The molecule has 1 aromatic rings. The maximum Gasteiger partial charge on any atom is -0.0279 e. The minimum absolute atomic E-state index is 1.08. The number of aryl methyl sites for hydroxylation is 3. The van der Waals surface area contributed by atoms with E-state index in [-0.39, 0.29) is 0 Å². The molecular weight excluding hydrogens is 204 g/mol. The van der Waals surface area contributed by atoms with Crippen molar-refractivity contribution < 1.29 is 0 Å². The smallest absolute Gasteiger partial charge is 0.0279 e. The third-order valence-corrected chi connectivity index (χ3v) is 2.31. The van der Waals surface area contributed by atoms with Crippen LogP contribution >= 0.6 is 0 Å². The van der Waals surface area contributed by atoms with Crippen LogP contribution in [0.5, 0.6) is 0 Å². The standard InChI is InChI=1S/C11H16.C4H8.C2H6/c1-4-5-11-7-6-9(2)8-10(11)3;1-3-4-2;1-2/h6-8H,4-5H2,1-3H3;3H,1,4H2,2H3;1-2H3. The van der Waals surface area contributed by atoms with E-state index in [2.05, 4.69) is 52.5 Å². The summed E-state index contributed by atoms with van der Waals surface area (Å²) in [5.41, 5.74) is 4.30. The summed E-state index contributed by atoms with van der Waals surface area (Å²) in [6.07, 6.45) is 5.41. The van der Waals surface area contributed by atoms with E-state index in [0.717, 1.165) is 6.42 Å². The lowest BCUT2D eigenvalue weighted by Gasteiger charge is -2.04.